The SMILES string of the molecule is CC(C)c1ccc2[nH]c(=O)c(CNC(=O)c3ccc4c(c3)OCO4)cc2c1. The molecule has 1 aliphatic heterocycles. The number of carbonyl (C=O) groups is 1. The molecule has 1 amide bonds. The van der Waals surface area contributed by atoms with Crippen molar-refractivity contribution in [2.24, 2.45) is 0 Å². The Labute approximate surface area is 156 Å². The summed E-state index contributed by atoms with van der Waals surface area (Å²) in [5, 5.41) is 3.75. The average Bonchev–Trinajstić information content (AvgIpc) is 3.13. The monoisotopic (exact) mass is 364 g/mol. The summed E-state index contributed by atoms with van der Waals surface area (Å²) in [6, 6.07) is 12.8. The molecule has 4 rings (SSSR count). The summed E-state index contributed by atoms with van der Waals surface area (Å²) in [4.78, 5) is 27.6. The number of aromatic nitrogens is 1. The first-order valence-corrected chi connectivity index (χ1v) is 8.85. The molecule has 138 valence electrons. The molecule has 1 aromatic heterocycles. The number of nitrogens with one attached hydrogen (secondary N) is 2. The maximum atomic E-state index is 12.4. The van der Waals surface area contributed by atoms with Gasteiger partial charge in [0.2, 0.25) is 6.79 Å². The van der Waals surface area contributed by atoms with E-state index in [9.17, 15) is 9.59 Å². The van der Waals surface area contributed by atoms with Gasteiger partial charge in [-0.15, -0.1) is 0 Å². The fourth-order valence-electron chi connectivity index (χ4n) is 3.08. The van der Waals surface area contributed by atoms with Crippen LogP contribution in [0.1, 0.15) is 41.3 Å². The van der Waals surface area contributed by atoms with Crippen LogP contribution in [0.15, 0.2) is 47.3 Å². The quantitative estimate of drug-likeness (QED) is 0.744. The third-order valence-electron chi connectivity index (χ3n) is 4.69. The van der Waals surface area contributed by atoms with E-state index in [1.165, 1.54) is 5.56 Å². The Hall–Kier alpha value is -3.28. The lowest BCUT2D eigenvalue weighted by Crippen LogP contribution is -2.26. The maximum absolute atomic E-state index is 12.4. The molecule has 2 N–H and O–H groups in total. The fourth-order valence-corrected chi connectivity index (χ4v) is 3.08. The molecule has 27 heavy (non-hydrogen) atoms. The molecule has 0 saturated heterocycles. The van der Waals surface area contributed by atoms with Gasteiger partial charge < -0.3 is 19.8 Å². The van der Waals surface area contributed by atoms with Crippen LogP contribution in [0.25, 0.3) is 10.9 Å². The van der Waals surface area contributed by atoms with Gasteiger partial charge in [-0.25, -0.2) is 0 Å². The van der Waals surface area contributed by atoms with Crippen LogP contribution in [-0.4, -0.2) is 17.7 Å². The number of carbonyl (C=O) groups excluding carboxylic acids is 1. The number of ether oxygens (including phenoxy) is 2. The van der Waals surface area contributed by atoms with Crippen molar-refractivity contribution in [2.75, 3.05) is 6.79 Å². The molecule has 0 saturated carbocycles. The Morgan fingerprint density at radius 1 is 1.11 bits per heavy atom. The van der Waals surface area contributed by atoms with Crippen LogP contribution in [0.3, 0.4) is 0 Å². The van der Waals surface area contributed by atoms with Crippen molar-refractivity contribution >= 4 is 16.8 Å². The lowest BCUT2D eigenvalue weighted by molar-refractivity contribution is 0.0950. The molecule has 6 heteroatoms. The highest BCUT2D eigenvalue weighted by Crippen LogP contribution is 2.32. The number of rotatable bonds is 4. The Balaban J connectivity index is 1.55. The summed E-state index contributed by atoms with van der Waals surface area (Å²) < 4.78 is 10.5. The van der Waals surface area contributed by atoms with E-state index < -0.39 is 0 Å². The van der Waals surface area contributed by atoms with E-state index in [1.54, 1.807) is 18.2 Å². The minimum Gasteiger partial charge on any atom is -0.454 e. The molecule has 0 radical (unpaired) electrons. The van der Waals surface area contributed by atoms with Crippen LogP contribution in [0.2, 0.25) is 0 Å². The molecule has 0 atom stereocenters. The summed E-state index contributed by atoms with van der Waals surface area (Å²) >= 11 is 0. The molecule has 6 nitrogen and oxygen atoms in total. The second-order valence-corrected chi connectivity index (χ2v) is 6.88. The third kappa shape index (κ3) is 3.38. The minimum atomic E-state index is -0.274. The van der Waals surface area contributed by atoms with Gasteiger partial charge in [0, 0.05) is 23.2 Å². The number of aromatic amines is 1. The molecule has 0 bridgehead atoms. The molecule has 0 fully saturated rings. The second-order valence-electron chi connectivity index (χ2n) is 6.88. The zero-order valence-electron chi connectivity index (χ0n) is 15.2. The van der Waals surface area contributed by atoms with Crippen molar-refractivity contribution in [3.63, 3.8) is 0 Å². The minimum absolute atomic E-state index is 0.143. The molecule has 0 aliphatic carbocycles. The topological polar surface area (TPSA) is 80.4 Å². The van der Waals surface area contributed by atoms with Crippen LogP contribution in [0.5, 0.6) is 11.5 Å². The van der Waals surface area contributed by atoms with Gasteiger partial charge in [-0.05, 0) is 53.3 Å². The standard InChI is InChI=1S/C21H20N2O4/c1-12(2)13-3-5-17-15(7-13)8-16(21(25)23-17)10-22-20(24)14-4-6-18-19(9-14)27-11-26-18/h3-9,12H,10-11H2,1-2H3,(H,22,24)(H,23,25). The van der Waals surface area contributed by atoms with Crippen LogP contribution in [0, 0.1) is 0 Å². The highest BCUT2D eigenvalue weighted by molar-refractivity contribution is 5.95. The van der Waals surface area contributed by atoms with E-state index in [0.717, 1.165) is 10.9 Å². The molecular weight excluding hydrogens is 344 g/mol. The van der Waals surface area contributed by atoms with E-state index in [4.69, 9.17) is 9.47 Å². The Bertz CT molecular complexity index is 1090. The van der Waals surface area contributed by atoms with Gasteiger partial charge in [0.1, 0.15) is 0 Å². The number of pyridine rings is 1. The van der Waals surface area contributed by atoms with Gasteiger partial charge in [-0.1, -0.05) is 19.9 Å². The third-order valence-corrected chi connectivity index (χ3v) is 4.69. The number of hydrogen-bond acceptors (Lipinski definition) is 4. The number of amides is 1. The molecule has 0 unspecified atom stereocenters. The molecule has 1 aliphatic rings. The zero-order valence-corrected chi connectivity index (χ0v) is 15.2. The first-order valence-electron chi connectivity index (χ1n) is 8.85. The van der Waals surface area contributed by atoms with Gasteiger partial charge >= 0.3 is 0 Å². The zero-order chi connectivity index (χ0) is 19.0. The lowest BCUT2D eigenvalue weighted by atomic mass is 10.0. The molecule has 2 heterocycles. The van der Waals surface area contributed by atoms with Crippen LogP contribution in [-0.2, 0) is 6.54 Å². The smallest absolute Gasteiger partial charge is 0.253 e. The van der Waals surface area contributed by atoms with E-state index in [0.29, 0.717) is 28.5 Å². The van der Waals surface area contributed by atoms with Gasteiger partial charge in [-0.3, -0.25) is 9.59 Å². The second kappa shape index (κ2) is 6.79. The summed E-state index contributed by atoms with van der Waals surface area (Å²) in [7, 11) is 0. The van der Waals surface area contributed by atoms with Gasteiger partial charge in [0.15, 0.2) is 11.5 Å². The summed E-state index contributed by atoms with van der Waals surface area (Å²) in [5.74, 6) is 1.30. The van der Waals surface area contributed by atoms with Gasteiger partial charge in [0.05, 0.1) is 0 Å². The Kier molecular flexibility index (Phi) is 4.32. The highest BCUT2D eigenvalue weighted by atomic mass is 16.7. The maximum Gasteiger partial charge on any atom is 0.253 e. The van der Waals surface area contributed by atoms with E-state index in [2.05, 4.69) is 30.2 Å². The van der Waals surface area contributed by atoms with Crippen LogP contribution in [0.4, 0.5) is 0 Å². The Morgan fingerprint density at radius 2 is 1.93 bits per heavy atom. The molecular formula is C21H20N2O4. The van der Waals surface area contributed by atoms with E-state index >= 15 is 0 Å². The molecule has 2 aromatic carbocycles. The number of H-pyrrole nitrogens is 1. The predicted molar refractivity (Wildman–Crippen MR) is 102 cm³/mol. The first-order chi connectivity index (χ1) is 13.0. The normalized spacial score (nSPS) is 12.6. The number of benzene rings is 2. The Morgan fingerprint density at radius 3 is 2.74 bits per heavy atom. The van der Waals surface area contributed by atoms with Gasteiger partial charge in [0.25, 0.3) is 11.5 Å². The number of fused-ring (bicyclic) bond motifs is 2. The van der Waals surface area contributed by atoms with Crippen molar-refractivity contribution in [3.05, 3.63) is 69.5 Å². The van der Waals surface area contributed by atoms with Gasteiger partial charge in [-0.2, -0.15) is 0 Å². The van der Waals surface area contributed by atoms with Crippen molar-refractivity contribution in [1.29, 1.82) is 0 Å². The van der Waals surface area contributed by atoms with Crippen molar-refractivity contribution in [2.45, 2.75) is 26.3 Å². The predicted octanol–water partition coefficient (Wildman–Crippen LogP) is 3.31. The molecule has 3 aromatic rings. The summed E-state index contributed by atoms with van der Waals surface area (Å²) in [5.41, 5.74) is 2.75. The van der Waals surface area contributed by atoms with Crippen molar-refractivity contribution in [1.82, 2.24) is 10.3 Å². The van der Waals surface area contributed by atoms with Crippen molar-refractivity contribution < 1.29 is 14.3 Å². The number of hydrogen-bond donors (Lipinski definition) is 2. The van der Waals surface area contributed by atoms with E-state index in [1.807, 2.05) is 18.2 Å². The summed E-state index contributed by atoms with van der Waals surface area (Å²) in [6.45, 7) is 4.55. The highest BCUT2D eigenvalue weighted by Gasteiger charge is 2.16. The fraction of sp³-hybridized carbons (Fsp3) is 0.238. The van der Waals surface area contributed by atoms with Crippen molar-refractivity contribution in [3.8, 4) is 11.5 Å². The largest absolute Gasteiger partial charge is 0.454 e. The van der Waals surface area contributed by atoms with E-state index in [-0.39, 0.29) is 24.8 Å². The first kappa shape index (κ1) is 17.1. The average molecular weight is 364 g/mol. The summed E-state index contributed by atoms with van der Waals surface area (Å²) in [6.07, 6.45) is 0. The molecule has 0 spiro atoms. The van der Waals surface area contributed by atoms with Crippen LogP contribution < -0.4 is 20.3 Å². The van der Waals surface area contributed by atoms with Crippen LogP contribution >= 0.6 is 0 Å². The lowest BCUT2D eigenvalue weighted by Gasteiger charge is -2.09.